The smallest absolute Gasteiger partial charge is 0.236 e. The van der Waals surface area contributed by atoms with Crippen molar-refractivity contribution in [3.8, 4) is 11.3 Å². The fraction of sp³-hybridized carbons (Fsp3) is 0.100. The van der Waals surface area contributed by atoms with Gasteiger partial charge in [0.2, 0.25) is 5.88 Å². The zero-order valence-corrected chi connectivity index (χ0v) is 9.54. The van der Waals surface area contributed by atoms with Gasteiger partial charge in [-0.15, -0.1) is 0 Å². The standard InChI is InChI=1S/C10H9N3O3S/c14-17(15,16)8-13-5-1-9(2-6-13)10-7-11-3-4-12-10/h1-7H,8H2. The lowest BCUT2D eigenvalue weighted by atomic mass is 10.2. The Bertz CT molecular complexity index is 596. The summed E-state index contributed by atoms with van der Waals surface area (Å²) < 4.78 is 33.0. The lowest BCUT2D eigenvalue weighted by Crippen LogP contribution is -2.36. The molecule has 0 aromatic carbocycles. The summed E-state index contributed by atoms with van der Waals surface area (Å²) in [6, 6.07) is 3.35. The third kappa shape index (κ3) is 3.30. The van der Waals surface area contributed by atoms with Gasteiger partial charge in [0.1, 0.15) is 0 Å². The predicted molar refractivity (Wildman–Crippen MR) is 57.4 cm³/mol. The number of hydrogen-bond acceptors (Lipinski definition) is 5. The first-order valence-corrected chi connectivity index (χ1v) is 6.31. The molecule has 0 fully saturated rings. The Balaban J connectivity index is 2.25. The quantitative estimate of drug-likeness (QED) is 0.563. The van der Waals surface area contributed by atoms with Crippen molar-refractivity contribution < 1.29 is 17.5 Å². The van der Waals surface area contributed by atoms with Crippen LogP contribution in [0.25, 0.3) is 11.3 Å². The zero-order valence-electron chi connectivity index (χ0n) is 8.72. The molecule has 0 N–H and O–H groups in total. The molecule has 2 heterocycles. The van der Waals surface area contributed by atoms with Gasteiger partial charge in [0, 0.05) is 30.1 Å². The lowest BCUT2D eigenvalue weighted by molar-refractivity contribution is -0.678. The van der Waals surface area contributed by atoms with Crippen molar-refractivity contribution in [2.45, 2.75) is 5.88 Å². The number of aromatic nitrogens is 3. The van der Waals surface area contributed by atoms with Crippen LogP contribution in [0.1, 0.15) is 0 Å². The summed E-state index contributed by atoms with van der Waals surface area (Å²) in [6.45, 7) is 0. The summed E-state index contributed by atoms with van der Waals surface area (Å²) in [6.07, 6.45) is 7.76. The summed E-state index contributed by atoms with van der Waals surface area (Å²) in [4.78, 5) is 8.03. The van der Waals surface area contributed by atoms with Crippen LogP contribution in [-0.2, 0) is 16.0 Å². The van der Waals surface area contributed by atoms with Gasteiger partial charge < -0.3 is 4.55 Å². The summed E-state index contributed by atoms with van der Waals surface area (Å²) in [5.41, 5.74) is 1.49. The molecule has 6 nitrogen and oxygen atoms in total. The van der Waals surface area contributed by atoms with E-state index < -0.39 is 16.0 Å². The van der Waals surface area contributed by atoms with Crippen LogP contribution in [0.2, 0.25) is 0 Å². The number of nitrogens with zero attached hydrogens (tertiary/aromatic N) is 3. The van der Waals surface area contributed by atoms with Gasteiger partial charge in [0.25, 0.3) is 0 Å². The molecule has 0 aliphatic heterocycles. The molecule has 0 aliphatic rings. The summed E-state index contributed by atoms with van der Waals surface area (Å²) in [5, 5.41) is 0. The van der Waals surface area contributed by atoms with E-state index in [0.717, 1.165) is 5.56 Å². The Morgan fingerprint density at radius 3 is 2.47 bits per heavy atom. The highest BCUT2D eigenvalue weighted by molar-refractivity contribution is 7.84. The molecular formula is C10H9N3O3S. The molecule has 0 saturated heterocycles. The van der Waals surface area contributed by atoms with Gasteiger partial charge in [0.15, 0.2) is 22.5 Å². The monoisotopic (exact) mass is 251 g/mol. The van der Waals surface area contributed by atoms with E-state index in [2.05, 4.69) is 9.97 Å². The SMILES string of the molecule is O=S(=O)([O-])C[n+]1ccc(-c2cnccn2)cc1. The Labute approximate surface area is 98.4 Å². The van der Waals surface area contributed by atoms with Crippen LogP contribution in [0.5, 0.6) is 0 Å². The number of pyridine rings is 1. The van der Waals surface area contributed by atoms with Crippen molar-refractivity contribution in [1.82, 2.24) is 9.97 Å². The maximum atomic E-state index is 10.6. The number of hydrogen-bond donors (Lipinski definition) is 0. The van der Waals surface area contributed by atoms with Crippen LogP contribution in [0.15, 0.2) is 43.1 Å². The molecule has 0 amide bonds. The van der Waals surface area contributed by atoms with E-state index in [1.165, 1.54) is 17.0 Å². The van der Waals surface area contributed by atoms with Crippen LogP contribution in [0.4, 0.5) is 0 Å². The molecule has 0 radical (unpaired) electrons. The van der Waals surface area contributed by atoms with Crippen LogP contribution >= 0.6 is 0 Å². The Hall–Kier alpha value is -1.86. The first-order valence-electron chi connectivity index (χ1n) is 4.74. The highest BCUT2D eigenvalue weighted by Gasteiger charge is 2.06. The van der Waals surface area contributed by atoms with Crippen LogP contribution < -0.4 is 4.57 Å². The fourth-order valence-corrected chi connectivity index (χ4v) is 1.88. The summed E-state index contributed by atoms with van der Waals surface area (Å²) in [5.74, 6) is -0.576. The highest BCUT2D eigenvalue weighted by Crippen LogP contribution is 2.12. The second kappa shape index (κ2) is 4.56. The van der Waals surface area contributed by atoms with E-state index >= 15 is 0 Å². The van der Waals surface area contributed by atoms with Crippen molar-refractivity contribution in [2.24, 2.45) is 0 Å². The molecule has 2 rings (SSSR count). The highest BCUT2D eigenvalue weighted by atomic mass is 32.2. The van der Waals surface area contributed by atoms with E-state index in [1.807, 2.05) is 0 Å². The second-order valence-electron chi connectivity index (χ2n) is 3.38. The van der Waals surface area contributed by atoms with Crippen molar-refractivity contribution in [2.75, 3.05) is 0 Å². The van der Waals surface area contributed by atoms with Gasteiger partial charge in [-0.05, 0) is 0 Å². The largest absolute Gasteiger partial charge is 0.743 e. The van der Waals surface area contributed by atoms with E-state index in [9.17, 15) is 13.0 Å². The molecule has 0 spiro atoms. The van der Waals surface area contributed by atoms with Gasteiger partial charge in [-0.25, -0.2) is 8.42 Å². The normalized spacial score (nSPS) is 11.4. The zero-order chi connectivity index (χ0) is 12.3. The van der Waals surface area contributed by atoms with Crippen molar-refractivity contribution in [1.29, 1.82) is 0 Å². The third-order valence-electron chi connectivity index (χ3n) is 2.06. The molecule has 7 heteroatoms. The molecule has 0 saturated carbocycles. The van der Waals surface area contributed by atoms with Gasteiger partial charge in [-0.3, -0.25) is 9.97 Å². The van der Waals surface area contributed by atoms with Crippen LogP contribution in [-0.4, -0.2) is 22.9 Å². The molecule has 2 aromatic rings. The first-order chi connectivity index (χ1) is 8.04. The van der Waals surface area contributed by atoms with Crippen molar-refractivity contribution >= 4 is 10.1 Å². The lowest BCUT2D eigenvalue weighted by Gasteiger charge is -2.03. The van der Waals surface area contributed by atoms with E-state index in [0.29, 0.717) is 5.69 Å². The maximum Gasteiger partial charge on any atom is 0.236 e. The average Bonchev–Trinajstić information content (AvgIpc) is 2.29. The fourth-order valence-electron chi connectivity index (χ4n) is 1.34. The maximum absolute atomic E-state index is 10.6. The topological polar surface area (TPSA) is 86.9 Å². The van der Waals surface area contributed by atoms with Gasteiger partial charge in [-0.2, -0.15) is 4.57 Å². The van der Waals surface area contributed by atoms with Crippen LogP contribution in [0, 0.1) is 0 Å². The molecule has 0 aliphatic carbocycles. The second-order valence-corrected chi connectivity index (χ2v) is 4.75. The molecule has 0 bridgehead atoms. The third-order valence-corrected chi connectivity index (χ3v) is 2.67. The van der Waals surface area contributed by atoms with Crippen molar-refractivity contribution in [3.63, 3.8) is 0 Å². The molecule has 88 valence electrons. The summed E-state index contributed by atoms with van der Waals surface area (Å²) in [7, 11) is -4.27. The average molecular weight is 251 g/mol. The van der Waals surface area contributed by atoms with Gasteiger partial charge in [0.05, 0.1) is 11.9 Å². The Kier molecular flexibility index (Phi) is 3.12. The van der Waals surface area contributed by atoms with E-state index in [4.69, 9.17) is 0 Å². The van der Waals surface area contributed by atoms with E-state index in [-0.39, 0.29) is 0 Å². The minimum absolute atomic E-state index is 0.576. The van der Waals surface area contributed by atoms with Gasteiger partial charge in [-0.1, -0.05) is 0 Å². The number of rotatable bonds is 3. The Morgan fingerprint density at radius 1 is 1.24 bits per heavy atom. The minimum Gasteiger partial charge on any atom is -0.743 e. The first kappa shape index (κ1) is 11.6. The van der Waals surface area contributed by atoms with E-state index in [1.54, 1.807) is 30.7 Å². The molecule has 0 atom stereocenters. The Morgan fingerprint density at radius 2 is 1.94 bits per heavy atom. The van der Waals surface area contributed by atoms with Crippen LogP contribution in [0.3, 0.4) is 0 Å². The van der Waals surface area contributed by atoms with Gasteiger partial charge >= 0.3 is 0 Å². The molecule has 0 unspecified atom stereocenters. The van der Waals surface area contributed by atoms with Crippen molar-refractivity contribution in [3.05, 3.63) is 43.1 Å². The molecule has 17 heavy (non-hydrogen) atoms. The minimum atomic E-state index is -4.27. The molecular weight excluding hydrogens is 242 g/mol. The predicted octanol–water partition coefficient (Wildman–Crippen LogP) is -0.0662. The summed E-state index contributed by atoms with van der Waals surface area (Å²) >= 11 is 0. The molecule has 2 aromatic heterocycles.